The van der Waals surface area contributed by atoms with Gasteiger partial charge in [0, 0.05) is 0 Å². The highest BCUT2D eigenvalue weighted by molar-refractivity contribution is 14.1. The zero-order valence-corrected chi connectivity index (χ0v) is 11.1. The van der Waals surface area contributed by atoms with Crippen molar-refractivity contribution >= 4 is 39.6 Å². The Morgan fingerprint density at radius 2 is 2.24 bits per heavy atom. The zero-order valence-electron chi connectivity index (χ0n) is 8.93. The summed E-state index contributed by atoms with van der Waals surface area (Å²) in [4.78, 5) is 4.38. The molecule has 2 aromatic heterocycles. The number of aromatic nitrogens is 2. The SMILES string of the molecule is In1cnc2c(NCc3ccco3)cccc21. The van der Waals surface area contributed by atoms with E-state index in [-0.39, 0.29) is 0 Å². The van der Waals surface area contributed by atoms with Gasteiger partial charge in [0.15, 0.2) is 0 Å². The maximum atomic E-state index is 5.28. The second kappa shape index (κ2) is 4.40. The molecule has 0 atom stereocenters. The number of nitrogens with zero attached hydrogens (tertiary/aromatic N) is 2. The number of para-hydroxylation sites is 1. The lowest BCUT2D eigenvalue weighted by atomic mass is 10.2. The predicted octanol–water partition coefficient (Wildman–Crippen LogP) is 3.44. The smallest absolute Gasteiger partial charge is 0.122 e. The molecule has 3 aromatic rings. The second-order valence-electron chi connectivity index (χ2n) is 3.66. The molecular weight excluding hydrogens is 329 g/mol. The van der Waals surface area contributed by atoms with Crippen molar-refractivity contribution in [3.63, 3.8) is 0 Å². The van der Waals surface area contributed by atoms with Crippen LogP contribution in [-0.2, 0) is 6.54 Å². The van der Waals surface area contributed by atoms with E-state index in [4.69, 9.17) is 4.42 Å². The number of imidazole rings is 1. The van der Waals surface area contributed by atoms with Gasteiger partial charge in [0.25, 0.3) is 0 Å². The highest BCUT2D eigenvalue weighted by atomic mass is 127. The minimum absolute atomic E-state index is 0.667. The summed E-state index contributed by atoms with van der Waals surface area (Å²) in [6, 6.07) is 9.92. The topological polar surface area (TPSA) is 43.0 Å². The van der Waals surface area contributed by atoms with E-state index >= 15 is 0 Å². The van der Waals surface area contributed by atoms with Gasteiger partial charge < -0.3 is 9.73 Å². The largest absolute Gasteiger partial charge is 0.467 e. The van der Waals surface area contributed by atoms with Crippen LogP contribution < -0.4 is 5.32 Å². The molecule has 0 saturated carbocycles. The van der Waals surface area contributed by atoms with E-state index < -0.39 is 0 Å². The van der Waals surface area contributed by atoms with Gasteiger partial charge in [0.1, 0.15) is 17.6 Å². The molecule has 3 rings (SSSR count). The Labute approximate surface area is 112 Å². The Hall–Kier alpha value is -1.50. The molecule has 0 bridgehead atoms. The molecule has 5 heteroatoms. The molecule has 17 heavy (non-hydrogen) atoms. The highest BCUT2D eigenvalue weighted by Crippen LogP contribution is 2.23. The van der Waals surface area contributed by atoms with Crippen molar-refractivity contribution in [2.45, 2.75) is 6.54 Å². The molecule has 86 valence electrons. The van der Waals surface area contributed by atoms with E-state index in [0.29, 0.717) is 6.54 Å². The van der Waals surface area contributed by atoms with E-state index in [9.17, 15) is 0 Å². The van der Waals surface area contributed by atoms with E-state index in [2.05, 4.69) is 33.2 Å². The van der Waals surface area contributed by atoms with Gasteiger partial charge in [-0.05, 0) is 24.3 Å². The summed E-state index contributed by atoms with van der Waals surface area (Å²) in [7, 11) is 0. The molecule has 0 radical (unpaired) electrons. The lowest BCUT2D eigenvalue weighted by Crippen LogP contribution is -1.98. The van der Waals surface area contributed by atoms with Crippen LogP contribution in [0.3, 0.4) is 0 Å². The molecule has 0 unspecified atom stereocenters. The summed E-state index contributed by atoms with van der Waals surface area (Å²) >= 11 is 2.22. The first-order valence-electron chi connectivity index (χ1n) is 5.23. The van der Waals surface area contributed by atoms with Crippen molar-refractivity contribution in [3.05, 3.63) is 48.7 Å². The highest BCUT2D eigenvalue weighted by Gasteiger charge is 2.05. The number of anilines is 1. The number of furan rings is 1. The fourth-order valence-electron chi connectivity index (χ4n) is 1.75. The Morgan fingerprint density at radius 1 is 1.29 bits per heavy atom. The van der Waals surface area contributed by atoms with Crippen molar-refractivity contribution in [3.8, 4) is 0 Å². The minimum Gasteiger partial charge on any atom is -0.467 e. The average Bonchev–Trinajstić information content (AvgIpc) is 2.97. The van der Waals surface area contributed by atoms with Crippen LogP contribution in [0.2, 0.25) is 0 Å². The van der Waals surface area contributed by atoms with Crippen molar-refractivity contribution in [1.82, 2.24) is 7.76 Å². The third kappa shape index (κ3) is 2.02. The molecule has 0 amide bonds. The lowest BCUT2D eigenvalue weighted by Gasteiger charge is -2.05. The van der Waals surface area contributed by atoms with Gasteiger partial charge in [0.2, 0.25) is 0 Å². The Kier molecular flexibility index (Phi) is 2.76. The average molecular weight is 339 g/mol. The number of hydrogen-bond acceptors (Lipinski definition) is 3. The fourth-order valence-corrected chi connectivity index (χ4v) is 2.26. The maximum absolute atomic E-state index is 5.28. The molecule has 1 aromatic carbocycles. The molecular formula is C12H10IN3O. The van der Waals surface area contributed by atoms with Crippen LogP contribution >= 0.6 is 22.9 Å². The van der Waals surface area contributed by atoms with E-state index in [1.54, 1.807) is 6.26 Å². The molecule has 0 aliphatic carbocycles. The standard InChI is InChI=1S/C12H10IN3O/c13-16-8-15-12-10(4-1-5-11(12)16)14-7-9-3-2-6-17-9/h1-6,8,14H,7H2. The molecule has 2 heterocycles. The van der Waals surface area contributed by atoms with Gasteiger partial charge in [-0.15, -0.1) is 0 Å². The van der Waals surface area contributed by atoms with Gasteiger partial charge in [0.05, 0.1) is 46.9 Å². The molecule has 0 spiro atoms. The quantitative estimate of drug-likeness (QED) is 0.744. The summed E-state index contributed by atoms with van der Waals surface area (Å²) in [5, 5.41) is 3.33. The van der Waals surface area contributed by atoms with Gasteiger partial charge in [-0.3, -0.25) is 2.78 Å². The van der Waals surface area contributed by atoms with Crippen molar-refractivity contribution in [1.29, 1.82) is 0 Å². The number of benzene rings is 1. The van der Waals surface area contributed by atoms with Crippen LogP contribution in [0.4, 0.5) is 5.69 Å². The Balaban J connectivity index is 1.90. The number of hydrogen-bond donors (Lipinski definition) is 1. The molecule has 0 aliphatic heterocycles. The maximum Gasteiger partial charge on any atom is 0.122 e. The molecule has 4 nitrogen and oxygen atoms in total. The van der Waals surface area contributed by atoms with E-state index in [1.165, 1.54) is 0 Å². The first-order valence-corrected chi connectivity index (χ1v) is 6.19. The summed E-state index contributed by atoms with van der Waals surface area (Å²) in [5.41, 5.74) is 3.11. The van der Waals surface area contributed by atoms with Crippen molar-refractivity contribution in [2.75, 3.05) is 5.32 Å². The summed E-state index contributed by atoms with van der Waals surface area (Å²) in [5.74, 6) is 0.913. The van der Waals surface area contributed by atoms with Crippen LogP contribution in [-0.4, -0.2) is 7.76 Å². The normalized spacial score (nSPS) is 10.9. The van der Waals surface area contributed by atoms with Crippen LogP contribution in [0.15, 0.2) is 47.3 Å². The van der Waals surface area contributed by atoms with Gasteiger partial charge in [-0.2, -0.15) is 0 Å². The van der Waals surface area contributed by atoms with Gasteiger partial charge in [-0.25, -0.2) is 4.98 Å². The Morgan fingerprint density at radius 3 is 3.06 bits per heavy atom. The molecule has 0 aliphatic rings. The second-order valence-corrected chi connectivity index (χ2v) is 4.70. The van der Waals surface area contributed by atoms with Crippen molar-refractivity contribution in [2.24, 2.45) is 0 Å². The zero-order chi connectivity index (χ0) is 11.7. The summed E-state index contributed by atoms with van der Waals surface area (Å²) in [6.07, 6.45) is 3.49. The number of halogens is 1. The van der Waals surface area contributed by atoms with Crippen LogP contribution in [0.25, 0.3) is 11.0 Å². The summed E-state index contributed by atoms with van der Waals surface area (Å²) in [6.45, 7) is 0.667. The predicted molar refractivity (Wildman–Crippen MR) is 75.2 cm³/mol. The molecule has 1 N–H and O–H groups in total. The van der Waals surface area contributed by atoms with E-state index in [0.717, 1.165) is 22.5 Å². The van der Waals surface area contributed by atoms with Gasteiger partial charge in [-0.1, -0.05) is 6.07 Å². The van der Waals surface area contributed by atoms with Gasteiger partial charge >= 0.3 is 0 Å². The molecule has 0 saturated heterocycles. The van der Waals surface area contributed by atoms with Crippen LogP contribution in [0, 0.1) is 0 Å². The first kappa shape index (κ1) is 10.6. The third-order valence-corrected chi connectivity index (χ3v) is 3.34. The molecule has 0 fully saturated rings. The monoisotopic (exact) mass is 339 g/mol. The number of fused-ring (bicyclic) bond motifs is 1. The van der Waals surface area contributed by atoms with Crippen LogP contribution in [0.1, 0.15) is 5.76 Å². The Bertz CT molecular complexity index is 630. The van der Waals surface area contributed by atoms with Crippen LogP contribution in [0.5, 0.6) is 0 Å². The first-order chi connectivity index (χ1) is 8.34. The van der Waals surface area contributed by atoms with Crippen molar-refractivity contribution < 1.29 is 4.42 Å². The minimum atomic E-state index is 0.667. The lowest BCUT2D eigenvalue weighted by molar-refractivity contribution is 0.518. The van der Waals surface area contributed by atoms with E-state index in [1.807, 2.05) is 39.4 Å². The number of nitrogens with one attached hydrogen (secondary N) is 1. The summed E-state index contributed by atoms with van der Waals surface area (Å²) < 4.78 is 7.26. The third-order valence-electron chi connectivity index (χ3n) is 2.57. The number of rotatable bonds is 3. The fraction of sp³-hybridized carbons (Fsp3) is 0.0833.